The molecule has 0 rings (SSSR count). The van der Waals surface area contributed by atoms with E-state index in [0.717, 1.165) is 11.0 Å². The molecule has 0 amide bonds. The van der Waals surface area contributed by atoms with Crippen molar-refractivity contribution in [2.24, 2.45) is 0 Å². The molecule has 0 spiro atoms. The molecule has 0 unspecified atom stereocenters. The number of halogens is 1. The third-order valence-corrected chi connectivity index (χ3v) is 4.30. The predicted molar refractivity (Wildman–Crippen MR) is 60.7 cm³/mol. The maximum absolute atomic E-state index is 11.3. The molecular weight excluding hydrogens is 289 g/mol. The van der Waals surface area contributed by atoms with Crippen LogP contribution in [0, 0.1) is 0 Å². The fourth-order valence-electron chi connectivity index (χ4n) is 0.642. The Morgan fingerprint density at radius 2 is 1.92 bits per heavy atom. The van der Waals surface area contributed by atoms with E-state index in [1.54, 1.807) is 13.8 Å². The Morgan fingerprint density at radius 1 is 1.33 bits per heavy atom. The van der Waals surface area contributed by atoms with Crippen LogP contribution in [0.1, 0.15) is 13.8 Å². The molecule has 0 saturated carbocycles. The van der Waals surface area contributed by atoms with E-state index in [4.69, 9.17) is 0 Å². The first kappa shape index (κ1) is 12.6. The van der Waals surface area contributed by atoms with Gasteiger partial charge in [0.05, 0.1) is 11.0 Å². The summed E-state index contributed by atoms with van der Waals surface area (Å²) in [5, 5.41) is 2.81. The smallest absolute Gasteiger partial charge is 0.153 e. The Labute approximate surface area is 88.4 Å². The molecule has 74 valence electrons. The van der Waals surface area contributed by atoms with Crippen LogP contribution in [-0.4, -0.2) is 36.9 Å². The fourth-order valence-corrected chi connectivity index (χ4v) is 1.92. The second-order valence-corrected chi connectivity index (χ2v) is 6.61. The summed E-state index contributed by atoms with van der Waals surface area (Å²) >= 11 is 2.25. The van der Waals surface area contributed by atoms with Gasteiger partial charge in [-0.05, 0) is 13.8 Å². The summed E-state index contributed by atoms with van der Waals surface area (Å²) in [7, 11) is -2.84. The molecule has 0 aliphatic heterocycles. The molecule has 0 fully saturated rings. The normalized spacial score (nSPS) is 12.3. The highest BCUT2D eigenvalue weighted by Crippen LogP contribution is 1.98. The molecule has 1 N–H and O–H groups in total. The zero-order valence-electron chi connectivity index (χ0n) is 7.51. The Balaban J connectivity index is 3.63. The van der Waals surface area contributed by atoms with Crippen molar-refractivity contribution in [1.29, 1.82) is 0 Å². The first-order valence-corrected chi connectivity index (χ1v) is 7.23. The van der Waals surface area contributed by atoms with E-state index >= 15 is 0 Å². The lowest BCUT2D eigenvalue weighted by Gasteiger charge is -2.07. The summed E-state index contributed by atoms with van der Waals surface area (Å²) in [5.41, 5.74) is 0. The van der Waals surface area contributed by atoms with Gasteiger partial charge in [0.15, 0.2) is 9.84 Å². The van der Waals surface area contributed by atoms with Crippen molar-refractivity contribution in [1.82, 2.24) is 5.32 Å². The Bertz CT molecular complexity index is 201. The zero-order chi connectivity index (χ0) is 9.61. The zero-order valence-corrected chi connectivity index (χ0v) is 10.5. The van der Waals surface area contributed by atoms with E-state index in [-0.39, 0.29) is 11.0 Å². The molecule has 12 heavy (non-hydrogen) atoms. The molecule has 0 radical (unpaired) electrons. The summed E-state index contributed by atoms with van der Waals surface area (Å²) < 4.78 is 23.5. The van der Waals surface area contributed by atoms with E-state index in [1.165, 1.54) is 0 Å². The number of sulfone groups is 1. The Hall–Kier alpha value is 0.640. The topological polar surface area (TPSA) is 46.2 Å². The van der Waals surface area contributed by atoms with Crippen LogP contribution in [0.5, 0.6) is 0 Å². The summed E-state index contributed by atoms with van der Waals surface area (Å²) in [6, 6.07) is 0. The van der Waals surface area contributed by atoms with Gasteiger partial charge in [0, 0.05) is 17.5 Å². The average molecular weight is 305 g/mol. The van der Waals surface area contributed by atoms with Gasteiger partial charge in [-0.25, -0.2) is 8.42 Å². The van der Waals surface area contributed by atoms with E-state index in [2.05, 4.69) is 27.9 Å². The number of hydrogen-bond donors (Lipinski definition) is 1. The molecule has 0 bridgehead atoms. The van der Waals surface area contributed by atoms with Crippen molar-refractivity contribution in [3.8, 4) is 0 Å². The van der Waals surface area contributed by atoms with Gasteiger partial charge in [0.1, 0.15) is 0 Å². The quantitative estimate of drug-likeness (QED) is 0.449. The van der Waals surface area contributed by atoms with E-state index in [0.29, 0.717) is 6.54 Å². The van der Waals surface area contributed by atoms with Crippen molar-refractivity contribution >= 4 is 32.4 Å². The van der Waals surface area contributed by atoms with Crippen molar-refractivity contribution in [3.05, 3.63) is 0 Å². The highest BCUT2D eigenvalue weighted by molar-refractivity contribution is 14.1. The van der Waals surface area contributed by atoms with Gasteiger partial charge >= 0.3 is 0 Å². The van der Waals surface area contributed by atoms with Crippen LogP contribution < -0.4 is 5.32 Å². The SMILES string of the molecule is CC(C)S(=O)(=O)CCNCCI. The van der Waals surface area contributed by atoms with Crippen LogP contribution in [0.3, 0.4) is 0 Å². The summed E-state index contributed by atoms with van der Waals surface area (Å²) in [5.74, 6) is 0.251. The summed E-state index contributed by atoms with van der Waals surface area (Å²) in [6.45, 7) is 4.89. The van der Waals surface area contributed by atoms with Gasteiger partial charge in [-0.2, -0.15) is 0 Å². The van der Waals surface area contributed by atoms with Crippen LogP contribution in [0.4, 0.5) is 0 Å². The van der Waals surface area contributed by atoms with Crippen LogP contribution >= 0.6 is 22.6 Å². The molecule has 0 aliphatic rings. The van der Waals surface area contributed by atoms with Crippen LogP contribution in [0.25, 0.3) is 0 Å². The lowest BCUT2D eigenvalue weighted by molar-refractivity contribution is 0.583. The first-order chi connectivity index (χ1) is 5.50. The minimum atomic E-state index is -2.84. The molecule has 0 aromatic carbocycles. The molecule has 0 aliphatic carbocycles. The minimum Gasteiger partial charge on any atom is -0.315 e. The van der Waals surface area contributed by atoms with E-state index < -0.39 is 9.84 Å². The molecule has 0 saturated heterocycles. The molecule has 0 aromatic heterocycles. The van der Waals surface area contributed by atoms with Crippen molar-refractivity contribution < 1.29 is 8.42 Å². The molecule has 0 heterocycles. The number of rotatable bonds is 6. The highest BCUT2D eigenvalue weighted by Gasteiger charge is 2.14. The second-order valence-electron chi connectivity index (χ2n) is 2.85. The molecular formula is C7H16INO2S. The fraction of sp³-hybridized carbons (Fsp3) is 1.00. The minimum absolute atomic E-state index is 0.251. The number of nitrogens with one attached hydrogen (secondary N) is 1. The molecule has 5 heteroatoms. The monoisotopic (exact) mass is 305 g/mol. The van der Waals surface area contributed by atoms with Crippen LogP contribution in [0.2, 0.25) is 0 Å². The van der Waals surface area contributed by atoms with Gasteiger partial charge in [0.25, 0.3) is 0 Å². The average Bonchev–Trinajstić information content (AvgIpc) is 1.98. The largest absolute Gasteiger partial charge is 0.315 e. The summed E-state index contributed by atoms with van der Waals surface area (Å²) in [4.78, 5) is 0. The molecule has 0 aromatic rings. The van der Waals surface area contributed by atoms with Gasteiger partial charge in [-0.1, -0.05) is 22.6 Å². The Kier molecular flexibility index (Phi) is 6.48. The third kappa shape index (κ3) is 5.31. The van der Waals surface area contributed by atoms with Gasteiger partial charge in [0.2, 0.25) is 0 Å². The van der Waals surface area contributed by atoms with Crippen molar-refractivity contribution in [3.63, 3.8) is 0 Å². The van der Waals surface area contributed by atoms with Crippen LogP contribution in [0.15, 0.2) is 0 Å². The van der Waals surface area contributed by atoms with Crippen molar-refractivity contribution in [2.75, 3.05) is 23.3 Å². The lowest BCUT2D eigenvalue weighted by Crippen LogP contribution is -2.28. The molecule has 0 atom stereocenters. The maximum atomic E-state index is 11.3. The third-order valence-electron chi connectivity index (χ3n) is 1.55. The van der Waals surface area contributed by atoms with Crippen LogP contribution in [-0.2, 0) is 9.84 Å². The predicted octanol–water partition coefficient (Wildman–Crippen LogP) is 0.834. The lowest BCUT2D eigenvalue weighted by atomic mass is 10.6. The maximum Gasteiger partial charge on any atom is 0.153 e. The van der Waals surface area contributed by atoms with E-state index in [9.17, 15) is 8.42 Å². The first-order valence-electron chi connectivity index (χ1n) is 3.99. The van der Waals surface area contributed by atoms with E-state index in [1.807, 2.05) is 0 Å². The van der Waals surface area contributed by atoms with Crippen molar-refractivity contribution in [2.45, 2.75) is 19.1 Å². The standard InChI is InChI=1S/C7H16INO2S/c1-7(2)12(10,11)6-5-9-4-3-8/h7,9H,3-6H2,1-2H3. The van der Waals surface area contributed by atoms with Gasteiger partial charge < -0.3 is 5.32 Å². The molecule has 3 nitrogen and oxygen atoms in total. The number of alkyl halides is 1. The summed E-state index contributed by atoms with van der Waals surface area (Å²) in [6.07, 6.45) is 0. The highest BCUT2D eigenvalue weighted by atomic mass is 127. The number of hydrogen-bond acceptors (Lipinski definition) is 3. The van der Waals surface area contributed by atoms with Gasteiger partial charge in [-0.15, -0.1) is 0 Å². The van der Waals surface area contributed by atoms with Gasteiger partial charge in [-0.3, -0.25) is 0 Å². The Morgan fingerprint density at radius 3 is 2.33 bits per heavy atom. The second kappa shape index (κ2) is 6.15.